The summed E-state index contributed by atoms with van der Waals surface area (Å²) < 4.78 is 0.448. The number of amides is 1. The first kappa shape index (κ1) is 10.8. The van der Waals surface area contributed by atoms with Gasteiger partial charge in [-0.2, -0.15) is 0 Å². The maximum absolute atomic E-state index is 11.3. The quantitative estimate of drug-likeness (QED) is 0.826. The monoisotopic (exact) mass is 246 g/mol. The SMILES string of the molecule is O=C1CN(Cc2nnc(Cl)s2)CCCN1. The number of nitrogens with one attached hydrogen (secondary N) is 1. The zero-order valence-corrected chi connectivity index (χ0v) is 9.64. The molecule has 15 heavy (non-hydrogen) atoms. The van der Waals surface area contributed by atoms with Crippen LogP contribution in [-0.4, -0.2) is 40.6 Å². The standard InChI is InChI=1S/C8H11ClN4OS/c9-8-12-11-7(15-8)5-13-3-1-2-10-6(14)4-13/h1-5H2,(H,10,14). The van der Waals surface area contributed by atoms with Crippen molar-refractivity contribution in [1.29, 1.82) is 0 Å². The van der Waals surface area contributed by atoms with E-state index in [1.807, 2.05) is 0 Å². The molecule has 5 nitrogen and oxygen atoms in total. The lowest BCUT2D eigenvalue weighted by Crippen LogP contribution is -2.32. The summed E-state index contributed by atoms with van der Waals surface area (Å²) in [5.41, 5.74) is 0. The average Bonchev–Trinajstić information content (AvgIpc) is 2.46. The largest absolute Gasteiger partial charge is 0.355 e. The van der Waals surface area contributed by atoms with Crippen LogP contribution in [-0.2, 0) is 11.3 Å². The van der Waals surface area contributed by atoms with Gasteiger partial charge in [-0.3, -0.25) is 9.69 Å². The Hall–Kier alpha value is -0.720. The zero-order valence-electron chi connectivity index (χ0n) is 8.07. The Labute approximate surface area is 96.4 Å². The van der Waals surface area contributed by atoms with Crippen molar-refractivity contribution in [3.8, 4) is 0 Å². The molecular weight excluding hydrogens is 236 g/mol. The molecule has 1 aliphatic rings. The van der Waals surface area contributed by atoms with Crippen LogP contribution in [0.1, 0.15) is 11.4 Å². The highest BCUT2D eigenvalue weighted by atomic mass is 35.5. The van der Waals surface area contributed by atoms with Gasteiger partial charge >= 0.3 is 0 Å². The molecule has 2 heterocycles. The lowest BCUT2D eigenvalue weighted by Gasteiger charge is -2.15. The van der Waals surface area contributed by atoms with Crippen LogP contribution in [0, 0.1) is 0 Å². The van der Waals surface area contributed by atoms with Crippen LogP contribution in [0.3, 0.4) is 0 Å². The van der Waals surface area contributed by atoms with Gasteiger partial charge in [-0.15, -0.1) is 10.2 Å². The molecule has 0 aliphatic carbocycles. The van der Waals surface area contributed by atoms with Crippen molar-refractivity contribution < 1.29 is 4.79 Å². The van der Waals surface area contributed by atoms with E-state index >= 15 is 0 Å². The van der Waals surface area contributed by atoms with Gasteiger partial charge in [0.2, 0.25) is 10.4 Å². The molecule has 1 fully saturated rings. The van der Waals surface area contributed by atoms with Gasteiger partial charge in [0.05, 0.1) is 13.1 Å². The van der Waals surface area contributed by atoms with Crippen LogP contribution < -0.4 is 5.32 Å². The van der Waals surface area contributed by atoms with Crippen LogP contribution in [0.2, 0.25) is 4.47 Å². The predicted molar refractivity (Wildman–Crippen MR) is 57.8 cm³/mol. The third-order valence-electron chi connectivity index (χ3n) is 2.14. The Kier molecular flexibility index (Phi) is 3.50. The van der Waals surface area contributed by atoms with Crippen LogP contribution >= 0.6 is 22.9 Å². The third kappa shape index (κ3) is 3.12. The highest BCUT2D eigenvalue weighted by Gasteiger charge is 2.16. The molecule has 0 atom stereocenters. The second-order valence-corrected chi connectivity index (χ2v) is 5.01. The fourth-order valence-corrected chi connectivity index (χ4v) is 2.40. The Morgan fingerprint density at radius 3 is 3.13 bits per heavy atom. The van der Waals surface area contributed by atoms with Crippen molar-refractivity contribution in [1.82, 2.24) is 20.4 Å². The normalized spacial score (nSPS) is 18.6. The fraction of sp³-hybridized carbons (Fsp3) is 0.625. The number of nitrogens with zero attached hydrogens (tertiary/aromatic N) is 3. The summed E-state index contributed by atoms with van der Waals surface area (Å²) in [6.07, 6.45) is 0.971. The molecule has 2 rings (SSSR count). The Morgan fingerprint density at radius 2 is 2.40 bits per heavy atom. The summed E-state index contributed by atoms with van der Waals surface area (Å²) in [5.74, 6) is 0.0723. The molecule has 1 aromatic heterocycles. The number of halogens is 1. The molecule has 1 N–H and O–H groups in total. The minimum atomic E-state index is 0.0723. The van der Waals surface area contributed by atoms with Crippen LogP contribution in [0.5, 0.6) is 0 Å². The molecule has 1 amide bonds. The summed E-state index contributed by atoms with van der Waals surface area (Å²) >= 11 is 7.05. The fourth-order valence-electron chi connectivity index (χ4n) is 1.49. The average molecular weight is 247 g/mol. The van der Waals surface area contributed by atoms with E-state index in [4.69, 9.17) is 11.6 Å². The van der Waals surface area contributed by atoms with E-state index in [1.165, 1.54) is 11.3 Å². The second-order valence-electron chi connectivity index (χ2n) is 3.36. The van der Waals surface area contributed by atoms with Crippen LogP contribution in [0.15, 0.2) is 0 Å². The summed E-state index contributed by atoms with van der Waals surface area (Å²) in [7, 11) is 0. The minimum Gasteiger partial charge on any atom is -0.355 e. The van der Waals surface area contributed by atoms with Gasteiger partial charge in [-0.1, -0.05) is 11.3 Å². The molecule has 0 spiro atoms. The van der Waals surface area contributed by atoms with E-state index in [9.17, 15) is 4.79 Å². The van der Waals surface area contributed by atoms with Crippen molar-refractivity contribution in [3.63, 3.8) is 0 Å². The summed E-state index contributed by atoms with van der Waals surface area (Å²) in [6.45, 7) is 2.73. The second kappa shape index (κ2) is 4.87. The lowest BCUT2D eigenvalue weighted by atomic mass is 10.4. The van der Waals surface area contributed by atoms with Crippen molar-refractivity contribution in [2.45, 2.75) is 13.0 Å². The Morgan fingerprint density at radius 1 is 1.53 bits per heavy atom. The van der Waals surface area contributed by atoms with E-state index in [0.717, 1.165) is 24.5 Å². The molecule has 0 bridgehead atoms. The first-order valence-electron chi connectivity index (χ1n) is 4.71. The lowest BCUT2D eigenvalue weighted by molar-refractivity contribution is -0.121. The van der Waals surface area contributed by atoms with E-state index in [2.05, 4.69) is 20.4 Å². The molecule has 0 unspecified atom stereocenters. The molecule has 82 valence electrons. The van der Waals surface area contributed by atoms with Gasteiger partial charge in [0, 0.05) is 13.1 Å². The summed E-state index contributed by atoms with van der Waals surface area (Å²) in [5, 5.41) is 11.3. The number of carbonyl (C=O) groups excluding carboxylic acids is 1. The van der Waals surface area contributed by atoms with Crippen molar-refractivity contribution in [2.75, 3.05) is 19.6 Å². The molecule has 7 heteroatoms. The maximum atomic E-state index is 11.3. The first-order valence-corrected chi connectivity index (χ1v) is 5.90. The van der Waals surface area contributed by atoms with E-state index in [-0.39, 0.29) is 5.91 Å². The summed E-state index contributed by atoms with van der Waals surface area (Å²) in [4.78, 5) is 13.3. The molecule has 0 aromatic carbocycles. The van der Waals surface area contributed by atoms with Gasteiger partial charge in [0.1, 0.15) is 5.01 Å². The van der Waals surface area contributed by atoms with Gasteiger partial charge in [-0.25, -0.2) is 0 Å². The molecule has 0 saturated carbocycles. The van der Waals surface area contributed by atoms with E-state index < -0.39 is 0 Å². The van der Waals surface area contributed by atoms with Gasteiger partial charge in [0.25, 0.3) is 0 Å². The number of carbonyl (C=O) groups is 1. The number of rotatable bonds is 2. The Bertz CT molecular complexity index is 356. The maximum Gasteiger partial charge on any atom is 0.234 e. The summed E-state index contributed by atoms with van der Waals surface area (Å²) in [6, 6.07) is 0. The third-order valence-corrected chi connectivity index (χ3v) is 3.15. The van der Waals surface area contributed by atoms with Crippen LogP contribution in [0.4, 0.5) is 0 Å². The molecule has 1 aromatic rings. The van der Waals surface area contributed by atoms with Crippen molar-refractivity contribution in [2.24, 2.45) is 0 Å². The minimum absolute atomic E-state index is 0.0723. The van der Waals surface area contributed by atoms with Crippen molar-refractivity contribution >= 4 is 28.8 Å². The molecule has 1 saturated heterocycles. The smallest absolute Gasteiger partial charge is 0.234 e. The van der Waals surface area contributed by atoms with E-state index in [0.29, 0.717) is 17.6 Å². The van der Waals surface area contributed by atoms with Gasteiger partial charge in [0.15, 0.2) is 0 Å². The van der Waals surface area contributed by atoms with E-state index in [1.54, 1.807) is 0 Å². The topological polar surface area (TPSA) is 58.1 Å². The zero-order chi connectivity index (χ0) is 10.7. The molecule has 1 aliphatic heterocycles. The van der Waals surface area contributed by atoms with Crippen LogP contribution in [0.25, 0.3) is 0 Å². The molecular formula is C8H11ClN4OS. The Balaban J connectivity index is 1.95. The predicted octanol–water partition coefficient (Wildman–Crippen LogP) is 0.513. The van der Waals surface area contributed by atoms with Gasteiger partial charge in [-0.05, 0) is 18.0 Å². The highest BCUT2D eigenvalue weighted by Crippen LogP contribution is 2.16. The number of hydrogen-bond donors (Lipinski definition) is 1. The van der Waals surface area contributed by atoms with Crippen molar-refractivity contribution in [3.05, 3.63) is 9.47 Å². The first-order chi connectivity index (χ1) is 7.24. The number of hydrogen-bond acceptors (Lipinski definition) is 5. The highest BCUT2D eigenvalue weighted by molar-refractivity contribution is 7.15. The van der Waals surface area contributed by atoms with Gasteiger partial charge < -0.3 is 5.32 Å². The number of aromatic nitrogens is 2. The molecule has 0 radical (unpaired) electrons.